The van der Waals surface area contributed by atoms with Gasteiger partial charge in [0, 0.05) is 0 Å². The molecule has 24 heavy (non-hydrogen) atoms. The summed E-state index contributed by atoms with van der Waals surface area (Å²) >= 11 is 6.23. The fraction of sp³-hybridized carbons (Fsp3) is 0.278. The number of alkyl halides is 1. The molecule has 4 nitrogen and oxygen atoms in total. The summed E-state index contributed by atoms with van der Waals surface area (Å²) in [5.74, 6) is 0.549. The van der Waals surface area contributed by atoms with E-state index in [1.54, 1.807) is 0 Å². The lowest BCUT2D eigenvalue weighted by molar-refractivity contribution is 0.136. The normalized spacial score (nSPS) is 10.2. The van der Waals surface area contributed by atoms with Gasteiger partial charge in [-0.2, -0.15) is 0 Å². The predicted molar refractivity (Wildman–Crippen MR) is 91.5 cm³/mol. The van der Waals surface area contributed by atoms with Crippen molar-refractivity contribution in [2.45, 2.75) is 6.42 Å². The van der Waals surface area contributed by atoms with Gasteiger partial charge in [-0.1, -0.05) is 48.0 Å². The lowest BCUT2D eigenvalue weighted by Crippen LogP contribution is -2.29. The third-order valence-electron chi connectivity index (χ3n) is 3.19. The van der Waals surface area contributed by atoms with Crippen molar-refractivity contribution in [1.29, 1.82) is 0 Å². The van der Waals surface area contributed by atoms with Gasteiger partial charge in [-0.15, -0.1) is 0 Å². The van der Waals surface area contributed by atoms with Gasteiger partial charge < -0.3 is 14.8 Å². The lowest BCUT2D eigenvalue weighted by atomic mass is 10.1. The van der Waals surface area contributed by atoms with Crippen LogP contribution in [0, 0.1) is 0 Å². The van der Waals surface area contributed by atoms with Crippen LogP contribution < -0.4 is 10.1 Å². The van der Waals surface area contributed by atoms with Crippen LogP contribution >= 0.6 is 11.6 Å². The Morgan fingerprint density at radius 2 is 1.88 bits per heavy atom. The van der Waals surface area contributed by atoms with E-state index in [1.807, 2.05) is 36.4 Å². The molecule has 0 heterocycles. The fourth-order valence-corrected chi connectivity index (χ4v) is 2.36. The molecule has 0 unspecified atom stereocenters. The highest BCUT2D eigenvalue weighted by Crippen LogP contribution is 2.26. The molecule has 2 rings (SSSR count). The molecule has 1 amide bonds. The Kier molecular flexibility index (Phi) is 7.36. The van der Waals surface area contributed by atoms with Crippen LogP contribution in [0.5, 0.6) is 5.75 Å². The Hall–Kier alpha value is -2.27. The molecule has 0 fully saturated rings. The molecule has 128 valence electrons. The third-order valence-corrected chi connectivity index (χ3v) is 3.48. The Morgan fingerprint density at radius 1 is 1.08 bits per heavy atom. The minimum atomic E-state index is -0.700. The number of hydrogen-bond acceptors (Lipinski definition) is 3. The molecule has 0 saturated heterocycles. The van der Waals surface area contributed by atoms with Crippen LogP contribution in [0.25, 0.3) is 0 Å². The van der Waals surface area contributed by atoms with Crippen molar-refractivity contribution in [3.63, 3.8) is 0 Å². The Morgan fingerprint density at radius 3 is 2.58 bits per heavy atom. The van der Waals surface area contributed by atoms with Crippen molar-refractivity contribution in [2.75, 3.05) is 26.4 Å². The van der Waals surface area contributed by atoms with Crippen molar-refractivity contribution >= 4 is 17.7 Å². The summed E-state index contributed by atoms with van der Waals surface area (Å²) in [6, 6.07) is 15.7. The summed E-state index contributed by atoms with van der Waals surface area (Å²) in [5.41, 5.74) is 2.30. The highest BCUT2D eigenvalue weighted by Gasteiger charge is 2.05. The number of nitrogens with one attached hydrogen (secondary N) is 1. The number of rotatable bonds is 8. The van der Waals surface area contributed by atoms with Gasteiger partial charge in [-0.3, -0.25) is 0 Å². The summed E-state index contributed by atoms with van der Waals surface area (Å²) in [6.07, 6.45) is 0.128. The van der Waals surface area contributed by atoms with Gasteiger partial charge in [0.25, 0.3) is 0 Å². The number of benzene rings is 2. The largest absolute Gasteiger partial charge is 0.490 e. The summed E-state index contributed by atoms with van der Waals surface area (Å²) < 4.78 is 21.9. The number of alkyl carbamates (subject to hydrolysis) is 1. The summed E-state index contributed by atoms with van der Waals surface area (Å²) in [4.78, 5) is 11.1. The van der Waals surface area contributed by atoms with Crippen LogP contribution in [0.2, 0.25) is 5.02 Å². The molecule has 0 saturated carbocycles. The van der Waals surface area contributed by atoms with Gasteiger partial charge in [0.2, 0.25) is 0 Å². The quantitative estimate of drug-likeness (QED) is 0.731. The van der Waals surface area contributed by atoms with E-state index in [1.165, 1.54) is 5.56 Å². The van der Waals surface area contributed by atoms with Crippen LogP contribution in [-0.4, -0.2) is 32.5 Å². The number of hydrogen-bond donors (Lipinski definition) is 1. The van der Waals surface area contributed by atoms with Crippen molar-refractivity contribution in [3.05, 3.63) is 64.7 Å². The van der Waals surface area contributed by atoms with Crippen molar-refractivity contribution < 1.29 is 18.7 Å². The van der Waals surface area contributed by atoms with Crippen LogP contribution in [0.4, 0.5) is 9.18 Å². The number of halogens is 2. The first-order valence-electron chi connectivity index (χ1n) is 7.61. The molecule has 2 aromatic rings. The van der Waals surface area contributed by atoms with Gasteiger partial charge in [-0.25, -0.2) is 9.18 Å². The van der Waals surface area contributed by atoms with Gasteiger partial charge in [0.05, 0.1) is 11.6 Å². The third kappa shape index (κ3) is 6.08. The molecule has 1 N–H and O–H groups in total. The van der Waals surface area contributed by atoms with Gasteiger partial charge >= 0.3 is 6.09 Å². The summed E-state index contributed by atoms with van der Waals surface area (Å²) in [7, 11) is 0. The van der Waals surface area contributed by atoms with E-state index in [0.29, 0.717) is 10.8 Å². The second-order valence-electron chi connectivity index (χ2n) is 5.03. The highest BCUT2D eigenvalue weighted by atomic mass is 35.5. The van der Waals surface area contributed by atoms with E-state index in [9.17, 15) is 9.18 Å². The molecular weight excluding hydrogens is 333 g/mol. The zero-order valence-corrected chi connectivity index (χ0v) is 13.9. The molecule has 0 aliphatic heterocycles. The van der Waals surface area contributed by atoms with E-state index >= 15 is 0 Å². The van der Waals surface area contributed by atoms with E-state index in [4.69, 9.17) is 16.3 Å². The maximum absolute atomic E-state index is 11.8. The number of amides is 1. The molecular formula is C18H19ClFNO3. The van der Waals surface area contributed by atoms with E-state index in [0.717, 1.165) is 12.0 Å². The first-order valence-corrected chi connectivity index (χ1v) is 7.98. The maximum atomic E-state index is 11.8. The molecule has 0 aromatic heterocycles. The second kappa shape index (κ2) is 9.78. The standard InChI is InChI=1S/C18H19ClFNO3/c19-16-13-15(12-14-4-2-1-3-5-14)6-7-17(16)23-11-9-21-18(22)24-10-8-20/h1-7,13H,8-12H2,(H,21,22). The maximum Gasteiger partial charge on any atom is 0.407 e. The van der Waals surface area contributed by atoms with E-state index in [2.05, 4.69) is 22.2 Å². The molecule has 0 atom stereocenters. The number of ether oxygens (including phenoxy) is 2. The van der Waals surface area contributed by atoms with Gasteiger partial charge in [0.15, 0.2) is 0 Å². The molecule has 0 spiro atoms. The van der Waals surface area contributed by atoms with Gasteiger partial charge in [-0.05, 0) is 29.7 Å². The SMILES string of the molecule is O=C(NCCOc1ccc(Cc2ccccc2)cc1Cl)OCCF. The van der Waals surface area contributed by atoms with Crippen LogP contribution in [-0.2, 0) is 11.2 Å². The lowest BCUT2D eigenvalue weighted by Gasteiger charge is -2.10. The second-order valence-corrected chi connectivity index (χ2v) is 5.43. The van der Waals surface area contributed by atoms with Crippen molar-refractivity contribution in [1.82, 2.24) is 5.32 Å². The molecule has 6 heteroatoms. The smallest absolute Gasteiger partial charge is 0.407 e. The predicted octanol–water partition coefficient (Wildman–Crippen LogP) is 4.01. The zero-order valence-electron chi connectivity index (χ0n) is 13.1. The highest BCUT2D eigenvalue weighted by molar-refractivity contribution is 6.32. The Balaban J connectivity index is 1.79. The fourth-order valence-electron chi connectivity index (χ4n) is 2.10. The van der Waals surface area contributed by atoms with E-state index in [-0.39, 0.29) is 19.8 Å². The van der Waals surface area contributed by atoms with Crippen LogP contribution in [0.3, 0.4) is 0 Å². The van der Waals surface area contributed by atoms with Crippen molar-refractivity contribution in [3.8, 4) is 5.75 Å². The first-order chi connectivity index (χ1) is 11.7. The van der Waals surface area contributed by atoms with Crippen molar-refractivity contribution in [2.24, 2.45) is 0 Å². The average molecular weight is 352 g/mol. The Bertz CT molecular complexity index is 652. The zero-order chi connectivity index (χ0) is 17.2. The topological polar surface area (TPSA) is 47.6 Å². The summed E-state index contributed by atoms with van der Waals surface area (Å²) in [5, 5.41) is 2.97. The monoisotopic (exact) mass is 351 g/mol. The molecule has 0 radical (unpaired) electrons. The molecule has 2 aromatic carbocycles. The summed E-state index contributed by atoms with van der Waals surface area (Å²) in [6.45, 7) is -0.466. The number of carbonyl (C=O) groups excluding carboxylic acids is 1. The molecule has 0 aliphatic carbocycles. The van der Waals surface area contributed by atoms with E-state index < -0.39 is 12.8 Å². The minimum Gasteiger partial charge on any atom is -0.490 e. The average Bonchev–Trinajstić information content (AvgIpc) is 2.59. The van der Waals surface area contributed by atoms with Crippen LogP contribution in [0.15, 0.2) is 48.5 Å². The number of carbonyl (C=O) groups is 1. The van der Waals surface area contributed by atoms with Crippen LogP contribution in [0.1, 0.15) is 11.1 Å². The van der Waals surface area contributed by atoms with Gasteiger partial charge in [0.1, 0.15) is 25.6 Å². The first kappa shape index (κ1) is 18.1. The molecule has 0 bridgehead atoms. The minimum absolute atomic E-state index is 0.239. The molecule has 0 aliphatic rings. The Labute approximate surface area is 145 Å².